The fraction of sp³-hybridized carbons (Fsp3) is 0.208. The van der Waals surface area contributed by atoms with Crippen LogP contribution in [0, 0.1) is 0 Å². The summed E-state index contributed by atoms with van der Waals surface area (Å²) in [6.45, 7) is 2.80. The Hall–Kier alpha value is -2.98. The number of rotatable bonds is 6. The lowest BCUT2D eigenvalue weighted by Crippen LogP contribution is -2.11. The zero-order valence-electron chi connectivity index (χ0n) is 16.5. The molecule has 2 N–H and O–H groups in total. The van der Waals surface area contributed by atoms with Gasteiger partial charge in [-0.15, -0.1) is 0 Å². The van der Waals surface area contributed by atoms with Crippen LogP contribution < -0.4 is 10.5 Å². The Kier molecular flexibility index (Phi) is 5.20. The van der Waals surface area contributed by atoms with Crippen LogP contribution in [0.15, 0.2) is 54.6 Å². The molecule has 29 heavy (non-hydrogen) atoms. The van der Waals surface area contributed by atoms with Crippen molar-refractivity contribution in [1.82, 2.24) is 4.57 Å². The van der Waals surface area contributed by atoms with Gasteiger partial charge in [0.2, 0.25) is 5.91 Å². The van der Waals surface area contributed by atoms with E-state index in [0.29, 0.717) is 22.9 Å². The number of ether oxygens (including phenoxy) is 1. The summed E-state index contributed by atoms with van der Waals surface area (Å²) in [6.07, 6.45) is 2.08. The summed E-state index contributed by atoms with van der Waals surface area (Å²) in [6, 6.07) is 18.0. The number of methoxy groups -OCH3 is 1. The topological polar surface area (TPSA) is 57.2 Å². The summed E-state index contributed by atoms with van der Waals surface area (Å²) >= 11 is 6.34. The quantitative estimate of drug-likeness (QED) is 0.456. The Morgan fingerprint density at radius 1 is 1.07 bits per heavy atom. The van der Waals surface area contributed by atoms with E-state index in [4.69, 9.17) is 22.1 Å². The van der Waals surface area contributed by atoms with Gasteiger partial charge in [0.05, 0.1) is 17.6 Å². The van der Waals surface area contributed by atoms with Crippen LogP contribution in [0.5, 0.6) is 5.75 Å². The van der Waals surface area contributed by atoms with Gasteiger partial charge in [-0.05, 0) is 47.9 Å². The third kappa shape index (κ3) is 3.45. The molecule has 3 aromatic carbocycles. The smallest absolute Gasteiger partial charge is 0.249 e. The molecule has 0 unspecified atom stereocenters. The highest BCUT2D eigenvalue weighted by Crippen LogP contribution is 2.34. The lowest BCUT2D eigenvalue weighted by molar-refractivity contribution is 0.100. The van der Waals surface area contributed by atoms with Gasteiger partial charge in [0, 0.05) is 28.4 Å². The second kappa shape index (κ2) is 7.80. The number of aromatic nitrogens is 1. The number of fused-ring (bicyclic) bond motifs is 3. The summed E-state index contributed by atoms with van der Waals surface area (Å²) in [5.41, 5.74) is 10.6. The predicted molar refractivity (Wildman–Crippen MR) is 119 cm³/mol. The monoisotopic (exact) mass is 406 g/mol. The summed E-state index contributed by atoms with van der Waals surface area (Å²) in [7, 11) is 1.61. The molecule has 0 bridgehead atoms. The van der Waals surface area contributed by atoms with Crippen LogP contribution in [0.1, 0.15) is 34.8 Å². The molecule has 5 heteroatoms. The van der Waals surface area contributed by atoms with Gasteiger partial charge in [-0.3, -0.25) is 4.79 Å². The number of amides is 1. The maximum Gasteiger partial charge on any atom is 0.249 e. The average molecular weight is 407 g/mol. The highest BCUT2D eigenvalue weighted by atomic mass is 35.5. The molecule has 0 aliphatic heterocycles. The lowest BCUT2D eigenvalue weighted by Gasteiger charge is -2.11. The van der Waals surface area contributed by atoms with Crippen molar-refractivity contribution in [1.29, 1.82) is 0 Å². The number of halogens is 1. The molecule has 0 spiro atoms. The molecule has 0 atom stereocenters. The minimum Gasteiger partial charge on any atom is -0.495 e. The second-order valence-electron chi connectivity index (χ2n) is 7.22. The van der Waals surface area contributed by atoms with Crippen LogP contribution in [0.4, 0.5) is 0 Å². The van der Waals surface area contributed by atoms with E-state index in [1.54, 1.807) is 13.2 Å². The van der Waals surface area contributed by atoms with E-state index in [9.17, 15) is 4.79 Å². The first-order valence-electron chi connectivity index (χ1n) is 9.69. The summed E-state index contributed by atoms with van der Waals surface area (Å²) in [5, 5.41) is 2.52. The van der Waals surface area contributed by atoms with E-state index >= 15 is 0 Å². The largest absolute Gasteiger partial charge is 0.495 e. The number of hydrogen-bond donors (Lipinski definition) is 1. The molecule has 0 aliphatic carbocycles. The van der Waals surface area contributed by atoms with Gasteiger partial charge >= 0.3 is 0 Å². The number of benzene rings is 3. The number of nitrogens with zero attached hydrogens (tertiary/aromatic N) is 1. The van der Waals surface area contributed by atoms with Gasteiger partial charge in [0.25, 0.3) is 0 Å². The maximum absolute atomic E-state index is 12.1. The predicted octanol–water partition coefficient (Wildman–Crippen LogP) is 5.56. The minimum atomic E-state index is -0.417. The molecule has 4 aromatic rings. The van der Waals surface area contributed by atoms with Crippen LogP contribution in [0.3, 0.4) is 0 Å². The molecule has 0 saturated carbocycles. The number of carbonyl (C=O) groups is 1. The number of nitrogens with two attached hydrogens (primary N) is 1. The van der Waals surface area contributed by atoms with Gasteiger partial charge in [-0.2, -0.15) is 0 Å². The van der Waals surface area contributed by atoms with Crippen molar-refractivity contribution < 1.29 is 9.53 Å². The Morgan fingerprint density at radius 2 is 1.86 bits per heavy atom. The zero-order valence-corrected chi connectivity index (χ0v) is 17.3. The van der Waals surface area contributed by atoms with Gasteiger partial charge in [0.15, 0.2) is 0 Å². The number of aryl methyl sites for hydroxylation is 1. The van der Waals surface area contributed by atoms with Gasteiger partial charge in [-0.25, -0.2) is 0 Å². The molecular formula is C24H23ClN2O2. The van der Waals surface area contributed by atoms with Crippen LogP contribution in [-0.2, 0) is 13.0 Å². The van der Waals surface area contributed by atoms with Crippen molar-refractivity contribution in [2.24, 2.45) is 5.73 Å². The van der Waals surface area contributed by atoms with Crippen molar-refractivity contribution in [3.8, 4) is 5.75 Å². The van der Waals surface area contributed by atoms with E-state index < -0.39 is 5.91 Å². The lowest BCUT2D eigenvalue weighted by atomic mass is 10.0. The molecule has 0 fully saturated rings. The fourth-order valence-corrected chi connectivity index (χ4v) is 4.28. The maximum atomic E-state index is 12.1. The minimum absolute atomic E-state index is 0.417. The Morgan fingerprint density at radius 3 is 2.55 bits per heavy atom. The van der Waals surface area contributed by atoms with Gasteiger partial charge < -0.3 is 15.0 Å². The number of hydrogen-bond acceptors (Lipinski definition) is 2. The zero-order chi connectivity index (χ0) is 20.5. The molecule has 0 aliphatic rings. The normalized spacial score (nSPS) is 11.3. The molecular weight excluding hydrogens is 384 g/mol. The summed E-state index contributed by atoms with van der Waals surface area (Å²) in [5.74, 6) is 0.235. The molecule has 0 radical (unpaired) electrons. The molecule has 1 amide bonds. The highest BCUT2D eigenvalue weighted by molar-refractivity contribution is 6.32. The highest BCUT2D eigenvalue weighted by Gasteiger charge is 2.17. The molecule has 1 aromatic heterocycles. The van der Waals surface area contributed by atoms with Crippen molar-refractivity contribution in [3.63, 3.8) is 0 Å². The van der Waals surface area contributed by atoms with Crippen LogP contribution in [0.25, 0.3) is 21.8 Å². The van der Waals surface area contributed by atoms with Crippen molar-refractivity contribution in [3.05, 3.63) is 76.3 Å². The Balaban J connectivity index is 1.97. The molecule has 1 heterocycles. The number of primary amides is 1. The first kappa shape index (κ1) is 19.3. The first-order chi connectivity index (χ1) is 14.0. The van der Waals surface area contributed by atoms with Crippen molar-refractivity contribution >= 4 is 39.3 Å². The summed E-state index contributed by atoms with van der Waals surface area (Å²) < 4.78 is 7.50. The number of carbonyl (C=O) groups excluding carboxylic acids is 1. The average Bonchev–Trinajstić information content (AvgIpc) is 3.01. The Labute approximate surface area is 174 Å². The molecule has 148 valence electrons. The van der Waals surface area contributed by atoms with Crippen LogP contribution in [0.2, 0.25) is 5.02 Å². The van der Waals surface area contributed by atoms with E-state index in [0.717, 1.165) is 40.2 Å². The van der Waals surface area contributed by atoms with E-state index in [1.165, 1.54) is 5.56 Å². The van der Waals surface area contributed by atoms with Crippen molar-refractivity contribution in [2.75, 3.05) is 7.11 Å². The van der Waals surface area contributed by atoms with Crippen LogP contribution >= 0.6 is 11.6 Å². The third-order valence-corrected chi connectivity index (χ3v) is 5.61. The fourth-order valence-electron chi connectivity index (χ4n) is 4.00. The molecule has 0 saturated heterocycles. The molecule has 4 nitrogen and oxygen atoms in total. The Bertz CT molecular complexity index is 1230. The van der Waals surface area contributed by atoms with E-state index in [2.05, 4.69) is 29.7 Å². The van der Waals surface area contributed by atoms with Crippen molar-refractivity contribution in [2.45, 2.75) is 26.3 Å². The SMILES string of the molecule is CCCc1ccc2c3c(C(N)=O)cccc3n(Cc3ccc(OC)c(Cl)c3)c2c1. The van der Waals surface area contributed by atoms with E-state index in [-0.39, 0.29) is 0 Å². The van der Waals surface area contributed by atoms with Gasteiger partial charge in [-0.1, -0.05) is 49.2 Å². The third-order valence-electron chi connectivity index (χ3n) is 5.32. The van der Waals surface area contributed by atoms with E-state index in [1.807, 2.05) is 30.3 Å². The standard InChI is InChI=1S/C24H23ClN2O2/c1-3-5-15-8-10-17-21(13-15)27(14-16-9-11-22(29-2)19(25)12-16)20-7-4-6-18(23(17)20)24(26)28/h4,6-13H,3,5,14H2,1-2H3,(H2,26,28). The van der Waals surface area contributed by atoms with Gasteiger partial charge in [0.1, 0.15) is 5.75 Å². The van der Waals surface area contributed by atoms with Crippen LogP contribution in [-0.4, -0.2) is 17.6 Å². The first-order valence-corrected chi connectivity index (χ1v) is 10.1. The second-order valence-corrected chi connectivity index (χ2v) is 7.63. The summed E-state index contributed by atoms with van der Waals surface area (Å²) in [4.78, 5) is 12.1. The molecule has 4 rings (SSSR count).